The molecular formula is C25H25NO6. The zero-order valence-electron chi connectivity index (χ0n) is 18.3. The van der Waals surface area contributed by atoms with Crippen molar-refractivity contribution in [3.05, 3.63) is 82.7 Å². The largest absolute Gasteiger partial charge is 0.482 e. The van der Waals surface area contributed by atoms with Gasteiger partial charge in [0, 0.05) is 18.0 Å². The molecule has 1 amide bonds. The second kappa shape index (κ2) is 9.51. The zero-order valence-corrected chi connectivity index (χ0v) is 18.3. The predicted molar refractivity (Wildman–Crippen MR) is 121 cm³/mol. The average Bonchev–Trinajstić information content (AvgIpc) is 2.75. The van der Waals surface area contributed by atoms with E-state index in [-0.39, 0.29) is 35.5 Å². The molecule has 7 nitrogen and oxygen atoms in total. The standard InChI is InChI=1S/C25H25NO6/c1-5-12-26-23(28)18-13-16-10-11-17(14-21(16)32-24(18)29)31-22(27)15-30-20-9-7-6-8-19(20)25(2,3)4/h5-11,13-14H,1,12,15H2,2-4H3,(H,26,28). The van der Waals surface area contributed by atoms with E-state index in [1.807, 2.05) is 18.2 Å². The molecule has 0 unspecified atom stereocenters. The molecule has 0 aliphatic heterocycles. The Labute approximate surface area is 185 Å². The Morgan fingerprint density at radius 2 is 1.88 bits per heavy atom. The van der Waals surface area contributed by atoms with Gasteiger partial charge in [0.2, 0.25) is 0 Å². The number of para-hydroxylation sites is 1. The fourth-order valence-corrected chi connectivity index (χ4v) is 3.08. The highest BCUT2D eigenvalue weighted by Gasteiger charge is 2.19. The van der Waals surface area contributed by atoms with Gasteiger partial charge in [-0.25, -0.2) is 9.59 Å². The molecular weight excluding hydrogens is 410 g/mol. The van der Waals surface area contributed by atoms with Gasteiger partial charge in [-0.15, -0.1) is 6.58 Å². The molecule has 0 spiro atoms. The predicted octanol–water partition coefficient (Wildman–Crippen LogP) is 3.99. The lowest BCUT2D eigenvalue weighted by Gasteiger charge is -2.22. The van der Waals surface area contributed by atoms with E-state index < -0.39 is 17.5 Å². The Bertz CT molecular complexity index is 1220. The van der Waals surface area contributed by atoms with Crippen LogP contribution in [-0.4, -0.2) is 25.0 Å². The topological polar surface area (TPSA) is 94.8 Å². The van der Waals surface area contributed by atoms with E-state index in [0.717, 1.165) is 5.56 Å². The van der Waals surface area contributed by atoms with Crippen LogP contribution in [-0.2, 0) is 10.2 Å². The van der Waals surface area contributed by atoms with Gasteiger partial charge < -0.3 is 19.2 Å². The quantitative estimate of drug-likeness (QED) is 0.261. The molecule has 0 aliphatic carbocycles. The lowest BCUT2D eigenvalue weighted by molar-refractivity contribution is -0.136. The molecule has 0 bridgehead atoms. The summed E-state index contributed by atoms with van der Waals surface area (Å²) in [6.07, 6.45) is 1.51. The van der Waals surface area contributed by atoms with Crippen LogP contribution in [0.2, 0.25) is 0 Å². The lowest BCUT2D eigenvalue weighted by Crippen LogP contribution is -2.28. The normalized spacial score (nSPS) is 11.1. The van der Waals surface area contributed by atoms with E-state index in [2.05, 4.69) is 32.7 Å². The van der Waals surface area contributed by atoms with Crippen LogP contribution in [0.5, 0.6) is 11.5 Å². The van der Waals surface area contributed by atoms with E-state index in [1.54, 1.807) is 18.2 Å². The molecule has 1 aromatic heterocycles. The van der Waals surface area contributed by atoms with Crippen LogP contribution in [0.4, 0.5) is 0 Å². The number of amides is 1. The molecule has 1 N–H and O–H groups in total. The maximum atomic E-state index is 12.3. The van der Waals surface area contributed by atoms with E-state index >= 15 is 0 Å². The van der Waals surface area contributed by atoms with Gasteiger partial charge in [-0.2, -0.15) is 0 Å². The molecule has 0 radical (unpaired) electrons. The van der Waals surface area contributed by atoms with Crippen LogP contribution in [0.3, 0.4) is 0 Å². The maximum Gasteiger partial charge on any atom is 0.349 e. The molecule has 0 atom stereocenters. The van der Waals surface area contributed by atoms with E-state index in [9.17, 15) is 14.4 Å². The van der Waals surface area contributed by atoms with Crippen molar-refractivity contribution >= 4 is 22.8 Å². The van der Waals surface area contributed by atoms with Crippen LogP contribution in [0.15, 0.2) is 70.4 Å². The number of esters is 1. The maximum absolute atomic E-state index is 12.3. The second-order valence-electron chi connectivity index (χ2n) is 8.15. The van der Waals surface area contributed by atoms with E-state index in [1.165, 1.54) is 18.2 Å². The highest BCUT2D eigenvalue weighted by molar-refractivity contribution is 5.96. The number of carbonyl (C=O) groups is 2. The Morgan fingerprint density at radius 3 is 2.59 bits per heavy atom. The van der Waals surface area contributed by atoms with Gasteiger partial charge in [0.15, 0.2) is 6.61 Å². The number of ether oxygens (including phenoxy) is 2. The number of benzene rings is 2. The fourth-order valence-electron chi connectivity index (χ4n) is 3.08. The molecule has 3 rings (SSSR count). The third kappa shape index (κ3) is 5.43. The molecule has 166 valence electrons. The van der Waals surface area contributed by atoms with Gasteiger partial charge in [0.1, 0.15) is 22.6 Å². The second-order valence-corrected chi connectivity index (χ2v) is 8.15. The molecule has 1 heterocycles. The first-order valence-corrected chi connectivity index (χ1v) is 10.1. The van der Waals surface area contributed by atoms with Crippen molar-refractivity contribution in [2.24, 2.45) is 0 Å². The third-order valence-electron chi connectivity index (χ3n) is 4.63. The van der Waals surface area contributed by atoms with Crippen molar-refractivity contribution in [2.45, 2.75) is 26.2 Å². The Kier molecular flexibility index (Phi) is 6.78. The summed E-state index contributed by atoms with van der Waals surface area (Å²) < 4.78 is 16.2. The highest BCUT2D eigenvalue weighted by atomic mass is 16.6. The Morgan fingerprint density at radius 1 is 1.12 bits per heavy atom. The SMILES string of the molecule is C=CCNC(=O)c1cc2ccc(OC(=O)COc3ccccc3C(C)(C)C)cc2oc1=O. The molecule has 0 aliphatic rings. The van der Waals surface area contributed by atoms with Crippen molar-refractivity contribution in [1.82, 2.24) is 5.32 Å². The smallest absolute Gasteiger partial charge is 0.349 e. The van der Waals surface area contributed by atoms with E-state index in [4.69, 9.17) is 13.9 Å². The van der Waals surface area contributed by atoms with Gasteiger partial charge in [-0.1, -0.05) is 45.0 Å². The number of hydrogen-bond donors (Lipinski definition) is 1. The summed E-state index contributed by atoms with van der Waals surface area (Å²) in [5, 5.41) is 3.05. The molecule has 7 heteroatoms. The summed E-state index contributed by atoms with van der Waals surface area (Å²) in [6.45, 7) is 9.64. The summed E-state index contributed by atoms with van der Waals surface area (Å²) in [7, 11) is 0. The summed E-state index contributed by atoms with van der Waals surface area (Å²) in [6, 6.07) is 13.5. The molecule has 0 saturated heterocycles. The first kappa shape index (κ1) is 22.8. The number of carbonyl (C=O) groups excluding carboxylic acids is 2. The van der Waals surface area contributed by atoms with Gasteiger partial charge in [-0.05, 0) is 35.2 Å². The minimum absolute atomic E-state index is 0.116. The number of nitrogens with one attached hydrogen (secondary N) is 1. The van der Waals surface area contributed by atoms with Gasteiger partial charge >= 0.3 is 11.6 Å². The minimum atomic E-state index is -0.787. The molecule has 3 aromatic rings. The third-order valence-corrected chi connectivity index (χ3v) is 4.63. The van der Waals surface area contributed by atoms with Gasteiger partial charge in [0.05, 0.1) is 0 Å². The minimum Gasteiger partial charge on any atom is -0.482 e. The van der Waals surface area contributed by atoms with Crippen molar-refractivity contribution < 1.29 is 23.5 Å². The van der Waals surface area contributed by atoms with Gasteiger partial charge in [0.25, 0.3) is 5.91 Å². The van der Waals surface area contributed by atoms with Crippen molar-refractivity contribution in [2.75, 3.05) is 13.2 Å². The van der Waals surface area contributed by atoms with Crippen LogP contribution in [0.1, 0.15) is 36.7 Å². The average molecular weight is 435 g/mol. The van der Waals surface area contributed by atoms with Crippen molar-refractivity contribution in [3.63, 3.8) is 0 Å². The monoisotopic (exact) mass is 435 g/mol. The summed E-state index contributed by atoms with van der Waals surface area (Å²) in [4.78, 5) is 36.5. The molecule has 2 aromatic carbocycles. The molecule has 32 heavy (non-hydrogen) atoms. The van der Waals surface area contributed by atoms with Crippen LogP contribution >= 0.6 is 0 Å². The highest BCUT2D eigenvalue weighted by Crippen LogP contribution is 2.31. The van der Waals surface area contributed by atoms with Crippen molar-refractivity contribution in [3.8, 4) is 11.5 Å². The molecule has 0 fully saturated rings. The van der Waals surface area contributed by atoms with E-state index in [0.29, 0.717) is 11.1 Å². The molecule has 0 saturated carbocycles. The fraction of sp³-hybridized carbons (Fsp3) is 0.240. The van der Waals surface area contributed by atoms with Crippen molar-refractivity contribution in [1.29, 1.82) is 0 Å². The summed E-state index contributed by atoms with van der Waals surface area (Å²) in [5.74, 6) is -0.342. The Hall–Kier alpha value is -3.87. The number of fused-ring (bicyclic) bond motifs is 1. The lowest BCUT2D eigenvalue weighted by atomic mass is 9.86. The first-order chi connectivity index (χ1) is 15.2. The number of rotatable bonds is 7. The summed E-state index contributed by atoms with van der Waals surface area (Å²) >= 11 is 0. The zero-order chi connectivity index (χ0) is 23.3. The van der Waals surface area contributed by atoms with Gasteiger partial charge in [-0.3, -0.25) is 4.79 Å². The van der Waals surface area contributed by atoms with Crippen LogP contribution in [0, 0.1) is 0 Å². The van der Waals surface area contributed by atoms with Crippen LogP contribution < -0.4 is 20.4 Å². The van der Waals surface area contributed by atoms with Crippen LogP contribution in [0.25, 0.3) is 11.0 Å². The Balaban J connectivity index is 1.71. The summed E-state index contributed by atoms with van der Waals surface area (Å²) in [5.41, 5.74) is 0.130. The number of hydrogen-bond acceptors (Lipinski definition) is 6. The first-order valence-electron chi connectivity index (χ1n) is 10.1.